The van der Waals surface area contributed by atoms with E-state index in [2.05, 4.69) is 55.3 Å². The highest BCUT2D eigenvalue weighted by atomic mass is 15.2. The molecule has 2 rings (SSSR count). The Morgan fingerprint density at radius 2 is 1.82 bits per heavy atom. The van der Waals surface area contributed by atoms with E-state index in [-0.39, 0.29) is 5.54 Å². The number of benzene rings is 1. The molecule has 1 N–H and O–H groups in total. The molecule has 2 heteroatoms. The molecule has 0 spiro atoms. The van der Waals surface area contributed by atoms with Gasteiger partial charge in [0.05, 0.1) is 0 Å². The Kier molecular flexibility index (Phi) is 3.85. The van der Waals surface area contributed by atoms with Gasteiger partial charge in [-0.15, -0.1) is 0 Å². The van der Waals surface area contributed by atoms with Gasteiger partial charge in [-0.1, -0.05) is 31.2 Å². The smallest absolute Gasteiger partial charge is 0.0252 e. The topological polar surface area (TPSA) is 15.3 Å². The average molecular weight is 232 g/mol. The minimum atomic E-state index is 0.252. The van der Waals surface area contributed by atoms with Crippen LogP contribution in [0.4, 0.5) is 0 Å². The van der Waals surface area contributed by atoms with E-state index in [9.17, 15) is 0 Å². The van der Waals surface area contributed by atoms with Gasteiger partial charge >= 0.3 is 0 Å². The Morgan fingerprint density at radius 1 is 1.18 bits per heavy atom. The lowest BCUT2D eigenvalue weighted by molar-refractivity contribution is 0.148. The maximum Gasteiger partial charge on any atom is 0.0252 e. The Balaban J connectivity index is 1.95. The average Bonchev–Trinajstić information content (AvgIpc) is 2.29. The van der Waals surface area contributed by atoms with E-state index in [0.29, 0.717) is 0 Å². The van der Waals surface area contributed by atoms with E-state index in [1.54, 1.807) is 0 Å². The fourth-order valence-electron chi connectivity index (χ4n) is 2.52. The van der Waals surface area contributed by atoms with Crippen molar-refractivity contribution in [2.24, 2.45) is 0 Å². The van der Waals surface area contributed by atoms with Crippen LogP contribution in [0, 0.1) is 0 Å². The number of hydrogen-bond donors (Lipinski definition) is 1. The van der Waals surface area contributed by atoms with Crippen LogP contribution in [0.15, 0.2) is 24.3 Å². The number of piperazine rings is 1. The SMILES string of the molecule is CCc1ccc(CN2CCNC(C)(C)C2)cc1. The Bertz CT molecular complexity index is 354. The Hall–Kier alpha value is -0.860. The molecule has 0 aromatic heterocycles. The summed E-state index contributed by atoms with van der Waals surface area (Å²) in [5.74, 6) is 0. The Morgan fingerprint density at radius 3 is 2.41 bits per heavy atom. The molecule has 0 aliphatic carbocycles. The van der Waals surface area contributed by atoms with Gasteiger partial charge in [-0.25, -0.2) is 0 Å². The first kappa shape index (κ1) is 12.6. The largest absolute Gasteiger partial charge is 0.309 e. The van der Waals surface area contributed by atoms with Gasteiger partial charge in [0, 0.05) is 31.7 Å². The van der Waals surface area contributed by atoms with E-state index in [1.807, 2.05) is 0 Å². The summed E-state index contributed by atoms with van der Waals surface area (Å²) in [6.45, 7) is 11.2. The normalized spacial score (nSPS) is 20.4. The third-order valence-corrected chi connectivity index (χ3v) is 3.49. The molecule has 0 saturated carbocycles. The minimum Gasteiger partial charge on any atom is -0.309 e. The Labute approximate surface area is 105 Å². The van der Waals surface area contributed by atoms with Gasteiger partial charge in [-0.2, -0.15) is 0 Å². The van der Waals surface area contributed by atoms with Gasteiger partial charge in [0.25, 0.3) is 0 Å². The summed E-state index contributed by atoms with van der Waals surface area (Å²) < 4.78 is 0. The number of aryl methyl sites for hydroxylation is 1. The van der Waals surface area contributed by atoms with Crippen molar-refractivity contribution in [3.8, 4) is 0 Å². The van der Waals surface area contributed by atoms with E-state index in [1.165, 1.54) is 11.1 Å². The van der Waals surface area contributed by atoms with Crippen LogP contribution in [0.2, 0.25) is 0 Å². The molecule has 1 aromatic carbocycles. The van der Waals surface area contributed by atoms with Gasteiger partial charge < -0.3 is 5.32 Å². The lowest BCUT2D eigenvalue weighted by Gasteiger charge is -2.39. The summed E-state index contributed by atoms with van der Waals surface area (Å²) in [5, 5.41) is 3.55. The predicted octanol–water partition coefficient (Wildman–Crippen LogP) is 2.43. The molecule has 0 unspecified atom stereocenters. The van der Waals surface area contributed by atoms with Crippen LogP contribution < -0.4 is 5.32 Å². The van der Waals surface area contributed by atoms with E-state index in [0.717, 1.165) is 32.6 Å². The zero-order chi connectivity index (χ0) is 12.3. The third kappa shape index (κ3) is 3.55. The molecule has 94 valence electrons. The third-order valence-electron chi connectivity index (χ3n) is 3.49. The molecule has 0 amide bonds. The molecule has 0 radical (unpaired) electrons. The maximum atomic E-state index is 3.55. The summed E-state index contributed by atoms with van der Waals surface area (Å²) >= 11 is 0. The van der Waals surface area contributed by atoms with Crippen molar-refractivity contribution in [2.45, 2.75) is 39.3 Å². The predicted molar refractivity (Wildman–Crippen MR) is 73.2 cm³/mol. The van der Waals surface area contributed by atoms with Crippen LogP contribution in [-0.4, -0.2) is 30.1 Å². The minimum absolute atomic E-state index is 0.252. The molecule has 17 heavy (non-hydrogen) atoms. The summed E-state index contributed by atoms with van der Waals surface area (Å²) in [7, 11) is 0. The van der Waals surface area contributed by atoms with Crippen molar-refractivity contribution in [3.63, 3.8) is 0 Å². The van der Waals surface area contributed by atoms with E-state index >= 15 is 0 Å². The molecular formula is C15H24N2. The quantitative estimate of drug-likeness (QED) is 0.861. The molecule has 0 bridgehead atoms. The zero-order valence-corrected chi connectivity index (χ0v) is 11.3. The first-order valence-electron chi connectivity index (χ1n) is 6.64. The highest BCUT2D eigenvalue weighted by Crippen LogP contribution is 2.14. The van der Waals surface area contributed by atoms with Crippen LogP contribution in [0.5, 0.6) is 0 Å². The van der Waals surface area contributed by atoms with Gasteiger partial charge in [-0.3, -0.25) is 4.90 Å². The molecule has 0 atom stereocenters. The van der Waals surface area contributed by atoms with Crippen molar-refractivity contribution in [1.29, 1.82) is 0 Å². The van der Waals surface area contributed by atoms with Crippen LogP contribution >= 0.6 is 0 Å². The fraction of sp³-hybridized carbons (Fsp3) is 0.600. The lowest BCUT2D eigenvalue weighted by atomic mass is 10.0. The highest BCUT2D eigenvalue weighted by Gasteiger charge is 2.25. The first-order valence-corrected chi connectivity index (χ1v) is 6.64. The van der Waals surface area contributed by atoms with Crippen molar-refractivity contribution in [3.05, 3.63) is 35.4 Å². The lowest BCUT2D eigenvalue weighted by Crippen LogP contribution is -2.56. The van der Waals surface area contributed by atoms with Gasteiger partial charge in [0.1, 0.15) is 0 Å². The van der Waals surface area contributed by atoms with Crippen LogP contribution in [0.25, 0.3) is 0 Å². The summed E-state index contributed by atoms with van der Waals surface area (Å²) in [6.07, 6.45) is 1.13. The van der Waals surface area contributed by atoms with Gasteiger partial charge in [0.2, 0.25) is 0 Å². The molecule has 1 heterocycles. The van der Waals surface area contributed by atoms with E-state index < -0.39 is 0 Å². The second-order valence-electron chi connectivity index (χ2n) is 5.69. The fourth-order valence-corrected chi connectivity index (χ4v) is 2.52. The standard InChI is InChI=1S/C15H24N2/c1-4-13-5-7-14(8-6-13)11-17-10-9-16-15(2,3)12-17/h5-8,16H,4,9-12H2,1-3H3. The van der Waals surface area contributed by atoms with Crippen molar-refractivity contribution in [2.75, 3.05) is 19.6 Å². The number of rotatable bonds is 3. The van der Waals surface area contributed by atoms with Crippen molar-refractivity contribution in [1.82, 2.24) is 10.2 Å². The highest BCUT2D eigenvalue weighted by molar-refractivity contribution is 5.22. The zero-order valence-electron chi connectivity index (χ0n) is 11.3. The molecule has 1 saturated heterocycles. The molecule has 1 fully saturated rings. The molecule has 1 aliphatic heterocycles. The van der Waals surface area contributed by atoms with Crippen LogP contribution in [-0.2, 0) is 13.0 Å². The van der Waals surface area contributed by atoms with Crippen LogP contribution in [0.1, 0.15) is 31.9 Å². The molecule has 1 aromatic rings. The number of nitrogens with one attached hydrogen (secondary N) is 1. The van der Waals surface area contributed by atoms with Crippen molar-refractivity contribution >= 4 is 0 Å². The second-order valence-corrected chi connectivity index (χ2v) is 5.69. The first-order chi connectivity index (χ1) is 8.09. The van der Waals surface area contributed by atoms with Crippen LogP contribution in [0.3, 0.4) is 0 Å². The van der Waals surface area contributed by atoms with Gasteiger partial charge in [0.15, 0.2) is 0 Å². The summed E-state index contributed by atoms with van der Waals surface area (Å²) in [6, 6.07) is 9.05. The number of nitrogens with zero attached hydrogens (tertiary/aromatic N) is 1. The molecular weight excluding hydrogens is 208 g/mol. The summed E-state index contributed by atoms with van der Waals surface area (Å²) in [4.78, 5) is 2.54. The summed E-state index contributed by atoms with van der Waals surface area (Å²) in [5.41, 5.74) is 3.11. The maximum absolute atomic E-state index is 3.55. The number of hydrogen-bond acceptors (Lipinski definition) is 2. The second kappa shape index (κ2) is 5.19. The monoisotopic (exact) mass is 232 g/mol. The van der Waals surface area contributed by atoms with Crippen molar-refractivity contribution < 1.29 is 0 Å². The van der Waals surface area contributed by atoms with E-state index in [4.69, 9.17) is 0 Å². The molecule has 1 aliphatic rings. The molecule has 2 nitrogen and oxygen atoms in total. The van der Waals surface area contributed by atoms with Gasteiger partial charge in [-0.05, 0) is 31.4 Å².